The van der Waals surface area contributed by atoms with Gasteiger partial charge < -0.3 is 4.90 Å². The predicted octanol–water partition coefficient (Wildman–Crippen LogP) is 3.40. The average Bonchev–Trinajstić information content (AvgIpc) is 2.93. The average molecular weight is 340 g/mol. The lowest BCUT2D eigenvalue weighted by molar-refractivity contribution is 0.708. The minimum absolute atomic E-state index is 0.751. The van der Waals surface area contributed by atoms with Crippen molar-refractivity contribution in [3.63, 3.8) is 0 Å². The fourth-order valence-corrected chi connectivity index (χ4v) is 3.52. The Morgan fingerprint density at radius 2 is 2.08 bits per heavy atom. The molecule has 24 heavy (non-hydrogen) atoms. The first kappa shape index (κ1) is 15.1. The largest absolute Gasteiger partial charge is 0.336 e. The van der Waals surface area contributed by atoms with Crippen molar-refractivity contribution >= 4 is 17.5 Å². The Morgan fingerprint density at radius 1 is 1.21 bits per heavy atom. The zero-order chi connectivity index (χ0) is 16.7. The van der Waals surface area contributed by atoms with Crippen LogP contribution in [0.4, 0.5) is 5.95 Å². The number of aromatic nitrogens is 4. The van der Waals surface area contributed by atoms with Gasteiger partial charge in [-0.3, -0.25) is 4.68 Å². The second-order valence-electron chi connectivity index (χ2n) is 6.09. The molecule has 3 aromatic rings. The Morgan fingerprint density at radius 3 is 2.88 bits per heavy atom. The molecule has 0 saturated carbocycles. The summed E-state index contributed by atoms with van der Waals surface area (Å²) >= 11 is 6.30. The van der Waals surface area contributed by atoms with Gasteiger partial charge in [-0.05, 0) is 36.6 Å². The summed E-state index contributed by atoms with van der Waals surface area (Å²) in [7, 11) is 1.92. The lowest BCUT2D eigenvalue weighted by atomic mass is 10.00. The third kappa shape index (κ3) is 2.65. The van der Waals surface area contributed by atoms with E-state index >= 15 is 0 Å². The van der Waals surface area contributed by atoms with E-state index < -0.39 is 0 Å². The topological polar surface area (TPSA) is 46.8 Å². The van der Waals surface area contributed by atoms with Gasteiger partial charge in [-0.25, -0.2) is 9.97 Å². The minimum atomic E-state index is 0.751. The van der Waals surface area contributed by atoms with E-state index in [-0.39, 0.29) is 0 Å². The van der Waals surface area contributed by atoms with E-state index in [0.29, 0.717) is 0 Å². The van der Waals surface area contributed by atoms with E-state index in [9.17, 15) is 0 Å². The van der Waals surface area contributed by atoms with E-state index in [0.717, 1.165) is 47.4 Å². The molecule has 0 bridgehead atoms. The molecule has 0 amide bonds. The molecule has 0 aliphatic carbocycles. The molecule has 0 radical (unpaired) electrons. The number of halogens is 1. The van der Waals surface area contributed by atoms with Crippen LogP contribution in [0.2, 0.25) is 5.02 Å². The van der Waals surface area contributed by atoms with Crippen LogP contribution in [0.3, 0.4) is 0 Å². The van der Waals surface area contributed by atoms with Gasteiger partial charge in [0.1, 0.15) is 0 Å². The van der Waals surface area contributed by atoms with Gasteiger partial charge in [0.25, 0.3) is 0 Å². The Labute approximate surface area is 145 Å². The smallest absolute Gasteiger partial charge is 0.226 e. The van der Waals surface area contributed by atoms with Gasteiger partial charge in [0.15, 0.2) is 0 Å². The minimum Gasteiger partial charge on any atom is -0.336 e. The maximum Gasteiger partial charge on any atom is 0.226 e. The summed E-state index contributed by atoms with van der Waals surface area (Å²) in [6, 6.07) is 8.02. The predicted molar refractivity (Wildman–Crippen MR) is 95.2 cm³/mol. The van der Waals surface area contributed by atoms with Gasteiger partial charge in [0.2, 0.25) is 5.95 Å². The van der Waals surface area contributed by atoms with Crippen LogP contribution in [0, 0.1) is 6.92 Å². The molecule has 2 aromatic heterocycles. The van der Waals surface area contributed by atoms with Crippen LogP contribution in [-0.4, -0.2) is 26.3 Å². The second-order valence-corrected chi connectivity index (χ2v) is 6.50. The lowest BCUT2D eigenvalue weighted by Crippen LogP contribution is -2.31. The van der Waals surface area contributed by atoms with Crippen LogP contribution in [0.1, 0.15) is 16.8 Å². The first-order valence-electron chi connectivity index (χ1n) is 7.96. The van der Waals surface area contributed by atoms with Gasteiger partial charge in [-0.2, -0.15) is 5.10 Å². The van der Waals surface area contributed by atoms with Gasteiger partial charge in [-0.15, -0.1) is 0 Å². The van der Waals surface area contributed by atoms with E-state index in [4.69, 9.17) is 16.6 Å². The number of hydrogen-bond donors (Lipinski definition) is 0. The molecule has 1 aliphatic heterocycles. The molecule has 0 unspecified atom stereocenters. The number of aryl methyl sites for hydroxylation is 2. The molecule has 0 fully saturated rings. The Balaban J connectivity index is 1.66. The van der Waals surface area contributed by atoms with Crippen LogP contribution in [0.5, 0.6) is 0 Å². The van der Waals surface area contributed by atoms with E-state index in [1.165, 1.54) is 11.1 Å². The van der Waals surface area contributed by atoms with E-state index in [1.54, 1.807) is 0 Å². The highest BCUT2D eigenvalue weighted by Crippen LogP contribution is 2.28. The summed E-state index contributed by atoms with van der Waals surface area (Å²) in [5, 5.41) is 5.25. The van der Waals surface area contributed by atoms with Crippen LogP contribution >= 0.6 is 11.6 Å². The van der Waals surface area contributed by atoms with Crippen molar-refractivity contribution in [1.29, 1.82) is 0 Å². The number of anilines is 1. The normalized spacial score (nSPS) is 13.9. The Bertz CT molecular complexity index is 902. The molecule has 4 rings (SSSR count). The molecule has 122 valence electrons. The summed E-state index contributed by atoms with van der Waals surface area (Å²) in [6.45, 7) is 3.65. The summed E-state index contributed by atoms with van der Waals surface area (Å²) in [5.41, 5.74) is 5.41. The van der Waals surface area contributed by atoms with Crippen molar-refractivity contribution in [2.24, 2.45) is 7.05 Å². The monoisotopic (exact) mass is 339 g/mol. The van der Waals surface area contributed by atoms with Crippen LogP contribution < -0.4 is 4.90 Å². The van der Waals surface area contributed by atoms with Crippen LogP contribution in [0.25, 0.3) is 11.3 Å². The molecule has 1 aromatic carbocycles. The Kier molecular flexibility index (Phi) is 3.73. The first-order chi connectivity index (χ1) is 11.6. The van der Waals surface area contributed by atoms with Crippen LogP contribution in [-0.2, 0) is 20.0 Å². The van der Waals surface area contributed by atoms with Gasteiger partial charge in [-0.1, -0.05) is 23.7 Å². The van der Waals surface area contributed by atoms with Crippen molar-refractivity contribution in [2.75, 3.05) is 11.4 Å². The van der Waals surface area contributed by atoms with Crippen molar-refractivity contribution in [2.45, 2.75) is 19.9 Å². The standard InChI is InChI=1S/C18H18ClN5/c1-12-15(11-23(2)22-12)17-6-8-20-18(21-17)24-9-7-14-13(10-24)4-3-5-16(14)19/h3-6,8,11H,7,9-10H2,1-2H3. The number of fused-ring (bicyclic) bond motifs is 1. The summed E-state index contributed by atoms with van der Waals surface area (Å²) in [6.07, 6.45) is 4.72. The summed E-state index contributed by atoms with van der Waals surface area (Å²) in [4.78, 5) is 11.4. The fraction of sp³-hybridized carbons (Fsp3) is 0.278. The molecular formula is C18H18ClN5. The van der Waals surface area contributed by atoms with Crippen molar-refractivity contribution in [1.82, 2.24) is 19.7 Å². The molecule has 5 nitrogen and oxygen atoms in total. The zero-order valence-corrected chi connectivity index (χ0v) is 14.5. The summed E-state index contributed by atoms with van der Waals surface area (Å²) < 4.78 is 1.81. The van der Waals surface area contributed by atoms with Crippen molar-refractivity contribution < 1.29 is 0 Å². The summed E-state index contributed by atoms with van der Waals surface area (Å²) in [5.74, 6) is 0.751. The first-order valence-corrected chi connectivity index (χ1v) is 8.34. The molecule has 3 heterocycles. The lowest BCUT2D eigenvalue weighted by Gasteiger charge is -2.29. The van der Waals surface area contributed by atoms with Crippen molar-refractivity contribution in [3.05, 3.63) is 58.5 Å². The highest BCUT2D eigenvalue weighted by molar-refractivity contribution is 6.31. The SMILES string of the molecule is Cc1nn(C)cc1-c1ccnc(N2CCc3c(Cl)cccc3C2)n1. The third-order valence-electron chi connectivity index (χ3n) is 4.42. The zero-order valence-electron chi connectivity index (χ0n) is 13.7. The number of nitrogens with zero attached hydrogens (tertiary/aromatic N) is 5. The highest BCUT2D eigenvalue weighted by atomic mass is 35.5. The van der Waals surface area contributed by atoms with Gasteiger partial charge >= 0.3 is 0 Å². The quantitative estimate of drug-likeness (QED) is 0.718. The van der Waals surface area contributed by atoms with Crippen LogP contribution in [0.15, 0.2) is 36.7 Å². The van der Waals surface area contributed by atoms with E-state index in [2.05, 4.69) is 21.0 Å². The number of hydrogen-bond acceptors (Lipinski definition) is 4. The molecule has 1 aliphatic rings. The van der Waals surface area contributed by atoms with Crippen molar-refractivity contribution in [3.8, 4) is 11.3 Å². The molecule has 0 N–H and O–H groups in total. The molecular weight excluding hydrogens is 322 g/mol. The molecule has 0 atom stereocenters. The molecule has 0 saturated heterocycles. The van der Waals surface area contributed by atoms with E-state index in [1.807, 2.05) is 49.2 Å². The van der Waals surface area contributed by atoms with Gasteiger partial charge in [0.05, 0.1) is 11.4 Å². The highest BCUT2D eigenvalue weighted by Gasteiger charge is 2.20. The maximum atomic E-state index is 6.30. The fourth-order valence-electron chi connectivity index (χ4n) is 3.24. The number of benzene rings is 1. The third-order valence-corrected chi connectivity index (χ3v) is 4.78. The molecule has 6 heteroatoms. The Hall–Kier alpha value is -2.40. The molecule has 0 spiro atoms. The second kappa shape index (κ2) is 5.91. The number of rotatable bonds is 2. The maximum absolute atomic E-state index is 6.30. The van der Waals surface area contributed by atoms with Gasteiger partial charge in [0, 0.05) is 43.1 Å².